The Balaban J connectivity index is 1.73. The molecule has 2 aromatic rings. The van der Waals surface area contributed by atoms with E-state index in [0.29, 0.717) is 23.8 Å². The summed E-state index contributed by atoms with van der Waals surface area (Å²) in [6.45, 7) is 4.18. The first-order valence-electron chi connectivity index (χ1n) is 8.27. The van der Waals surface area contributed by atoms with Crippen molar-refractivity contribution in [3.05, 3.63) is 65.2 Å². The van der Waals surface area contributed by atoms with Crippen molar-refractivity contribution < 1.29 is 9.59 Å². The molecule has 0 aromatic heterocycles. The van der Waals surface area contributed by atoms with Crippen LogP contribution in [0.25, 0.3) is 0 Å². The lowest BCUT2D eigenvalue weighted by Crippen LogP contribution is -2.36. The molecular formula is C20H22N2O2. The topological polar surface area (TPSA) is 49.4 Å². The number of rotatable bonds is 5. The normalized spacial score (nSPS) is 13.4. The third-order valence-corrected chi connectivity index (χ3v) is 4.20. The van der Waals surface area contributed by atoms with Gasteiger partial charge in [0.2, 0.25) is 0 Å². The van der Waals surface area contributed by atoms with Crippen LogP contribution in [-0.4, -0.2) is 22.8 Å². The number of carbonyl (C=O) groups excluding carboxylic acids is 2. The lowest BCUT2D eigenvalue weighted by atomic mass is 10.1. The minimum Gasteiger partial charge on any atom is -0.317 e. The van der Waals surface area contributed by atoms with Gasteiger partial charge in [-0.3, -0.25) is 4.79 Å². The van der Waals surface area contributed by atoms with Crippen molar-refractivity contribution in [2.24, 2.45) is 0 Å². The number of amides is 2. The third-order valence-electron chi connectivity index (χ3n) is 4.20. The zero-order chi connectivity index (χ0) is 17.1. The number of hydrogen-bond acceptors (Lipinski definition) is 2. The minimum absolute atomic E-state index is 0.00934. The number of anilines is 1. The van der Waals surface area contributed by atoms with Crippen molar-refractivity contribution in [2.75, 3.05) is 5.32 Å². The Morgan fingerprint density at radius 1 is 1.12 bits per heavy atom. The molecule has 4 heteroatoms. The molecule has 0 radical (unpaired) electrons. The molecule has 2 amide bonds. The van der Waals surface area contributed by atoms with Crippen molar-refractivity contribution in [3.8, 4) is 0 Å². The molecule has 1 aliphatic carbocycles. The number of ketones is 1. The monoisotopic (exact) mass is 322 g/mol. The average molecular weight is 322 g/mol. The van der Waals surface area contributed by atoms with Crippen LogP contribution in [0.3, 0.4) is 0 Å². The fourth-order valence-corrected chi connectivity index (χ4v) is 2.77. The quantitative estimate of drug-likeness (QED) is 0.830. The summed E-state index contributed by atoms with van der Waals surface area (Å²) in [4.78, 5) is 26.1. The largest absolute Gasteiger partial charge is 0.322 e. The van der Waals surface area contributed by atoms with Gasteiger partial charge in [-0.05, 0) is 44.4 Å². The minimum atomic E-state index is -0.111. The van der Waals surface area contributed by atoms with E-state index >= 15 is 0 Å². The summed E-state index contributed by atoms with van der Waals surface area (Å²) in [5, 5.41) is 2.93. The highest BCUT2D eigenvalue weighted by Crippen LogP contribution is 2.29. The molecule has 0 spiro atoms. The molecule has 1 aliphatic rings. The molecule has 1 saturated carbocycles. The summed E-state index contributed by atoms with van der Waals surface area (Å²) in [6.07, 6.45) is 2.10. The maximum atomic E-state index is 12.7. The summed E-state index contributed by atoms with van der Waals surface area (Å²) in [7, 11) is 0. The van der Waals surface area contributed by atoms with Gasteiger partial charge < -0.3 is 10.2 Å². The molecule has 0 unspecified atom stereocenters. The lowest BCUT2D eigenvalue weighted by Gasteiger charge is -2.23. The molecule has 0 atom stereocenters. The van der Waals surface area contributed by atoms with Crippen LogP contribution < -0.4 is 5.32 Å². The van der Waals surface area contributed by atoms with Crippen LogP contribution in [0.15, 0.2) is 48.5 Å². The second kappa shape index (κ2) is 6.87. The number of hydrogen-bond donors (Lipinski definition) is 1. The number of urea groups is 1. The Morgan fingerprint density at radius 2 is 1.88 bits per heavy atom. The molecule has 2 aromatic carbocycles. The van der Waals surface area contributed by atoms with Crippen LogP contribution in [-0.2, 0) is 6.54 Å². The fraction of sp³-hybridized carbons (Fsp3) is 0.300. The average Bonchev–Trinajstić information content (AvgIpc) is 3.37. The van der Waals surface area contributed by atoms with Gasteiger partial charge in [-0.15, -0.1) is 0 Å². The SMILES string of the molecule is CC(=O)c1cccc(NC(=O)N(Cc2cccc(C)c2)C2CC2)c1. The van der Waals surface area contributed by atoms with E-state index in [-0.39, 0.29) is 11.8 Å². The van der Waals surface area contributed by atoms with Gasteiger partial charge in [0.05, 0.1) is 0 Å². The van der Waals surface area contributed by atoms with Gasteiger partial charge in [-0.25, -0.2) is 4.79 Å². The van der Waals surface area contributed by atoms with Crippen molar-refractivity contribution in [1.29, 1.82) is 0 Å². The molecule has 1 N–H and O–H groups in total. The molecule has 0 bridgehead atoms. The smallest absolute Gasteiger partial charge is 0.317 e. The van der Waals surface area contributed by atoms with Gasteiger partial charge in [-0.1, -0.05) is 42.0 Å². The molecule has 0 saturated heterocycles. The van der Waals surface area contributed by atoms with Crippen molar-refractivity contribution in [3.63, 3.8) is 0 Å². The number of nitrogens with one attached hydrogen (secondary N) is 1. The van der Waals surface area contributed by atoms with Gasteiger partial charge in [0, 0.05) is 23.8 Å². The summed E-state index contributed by atoms with van der Waals surface area (Å²) >= 11 is 0. The Labute approximate surface area is 142 Å². The molecule has 0 heterocycles. The Hall–Kier alpha value is -2.62. The van der Waals surface area contributed by atoms with Crippen molar-refractivity contribution in [1.82, 2.24) is 4.90 Å². The Kier molecular flexibility index (Phi) is 4.65. The highest BCUT2D eigenvalue weighted by Gasteiger charge is 2.32. The maximum Gasteiger partial charge on any atom is 0.322 e. The number of Topliss-reactive ketones (excluding diaryl/α,β-unsaturated/α-hetero) is 1. The van der Waals surface area contributed by atoms with Crippen LogP contribution in [0.1, 0.15) is 41.3 Å². The van der Waals surface area contributed by atoms with Gasteiger partial charge in [-0.2, -0.15) is 0 Å². The van der Waals surface area contributed by atoms with Crippen LogP contribution in [0, 0.1) is 6.92 Å². The summed E-state index contributed by atoms with van der Waals surface area (Å²) in [5.74, 6) is -0.00934. The summed E-state index contributed by atoms with van der Waals surface area (Å²) < 4.78 is 0. The van der Waals surface area contributed by atoms with Crippen LogP contribution in [0.2, 0.25) is 0 Å². The van der Waals surface area contributed by atoms with E-state index in [2.05, 4.69) is 24.4 Å². The van der Waals surface area contributed by atoms with Crippen LogP contribution in [0.4, 0.5) is 10.5 Å². The third kappa shape index (κ3) is 4.02. The number of nitrogens with zero attached hydrogens (tertiary/aromatic N) is 1. The van der Waals surface area contributed by atoms with Gasteiger partial charge in [0.1, 0.15) is 0 Å². The van der Waals surface area contributed by atoms with Gasteiger partial charge in [0.15, 0.2) is 5.78 Å². The van der Waals surface area contributed by atoms with E-state index in [1.165, 1.54) is 12.5 Å². The molecule has 24 heavy (non-hydrogen) atoms. The van der Waals surface area contributed by atoms with E-state index in [0.717, 1.165) is 18.4 Å². The predicted molar refractivity (Wildman–Crippen MR) is 95.2 cm³/mol. The number of carbonyl (C=O) groups is 2. The second-order valence-corrected chi connectivity index (χ2v) is 6.42. The molecule has 3 rings (SSSR count). The number of benzene rings is 2. The highest BCUT2D eigenvalue weighted by atomic mass is 16.2. The first-order valence-corrected chi connectivity index (χ1v) is 8.27. The van der Waals surface area contributed by atoms with Crippen LogP contribution >= 0.6 is 0 Å². The Bertz CT molecular complexity index is 766. The Morgan fingerprint density at radius 3 is 2.54 bits per heavy atom. The zero-order valence-electron chi connectivity index (χ0n) is 14.1. The van der Waals surface area contributed by atoms with E-state index < -0.39 is 0 Å². The highest BCUT2D eigenvalue weighted by molar-refractivity contribution is 5.96. The molecule has 1 fully saturated rings. The first kappa shape index (κ1) is 16.2. The second-order valence-electron chi connectivity index (χ2n) is 6.42. The molecule has 124 valence electrons. The van der Waals surface area contributed by atoms with Gasteiger partial charge >= 0.3 is 6.03 Å². The molecular weight excluding hydrogens is 300 g/mol. The summed E-state index contributed by atoms with van der Waals surface area (Å²) in [5.41, 5.74) is 3.58. The number of aryl methyl sites for hydroxylation is 1. The maximum absolute atomic E-state index is 12.7. The zero-order valence-corrected chi connectivity index (χ0v) is 14.1. The van der Waals surface area contributed by atoms with E-state index in [4.69, 9.17) is 0 Å². The fourth-order valence-electron chi connectivity index (χ4n) is 2.77. The molecule has 0 aliphatic heterocycles. The van der Waals surface area contributed by atoms with Crippen molar-refractivity contribution in [2.45, 2.75) is 39.3 Å². The molecule has 4 nitrogen and oxygen atoms in total. The predicted octanol–water partition coefficient (Wildman–Crippen LogP) is 4.39. The van der Waals surface area contributed by atoms with Crippen LogP contribution in [0.5, 0.6) is 0 Å². The first-order chi connectivity index (χ1) is 11.5. The van der Waals surface area contributed by atoms with Crippen molar-refractivity contribution >= 4 is 17.5 Å². The standard InChI is InChI=1S/C20H22N2O2/c1-14-5-3-6-16(11-14)13-22(19-9-10-19)20(24)21-18-8-4-7-17(12-18)15(2)23/h3-8,11-12,19H,9-10,13H2,1-2H3,(H,21,24). The van der Waals surface area contributed by atoms with E-state index in [9.17, 15) is 9.59 Å². The van der Waals surface area contributed by atoms with E-state index in [1.807, 2.05) is 23.1 Å². The lowest BCUT2D eigenvalue weighted by molar-refractivity contribution is 0.101. The van der Waals surface area contributed by atoms with E-state index in [1.54, 1.807) is 18.2 Å². The summed E-state index contributed by atoms with van der Waals surface area (Å²) in [6, 6.07) is 15.5. The van der Waals surface area contributed by atoms with Gasteiger partial charge in [0.25, 0.3) is 0 Å².